The van der Waals surface area contributed by atoms with Gasteiger partial charge in [0.15, 0.2) is 0 Å². The minimum absolute atomic E-state index is 0.137. The first-order chi connectivity index (χ1) is 14.6. The van der Waals surface area contributed by atoms with Gasteiger partial charge in [0.25, 0.3) is 5.91 Å². The SMILES string of the molecule is CCCOc1ccc(N2C(=O)C[C@H](N3CCN(c4ccc(Cl)cc4)CC3)C2=O)cc1. The van der Waals surface area contributed by atoms with Gasteiger partial charge in [-0.05, 0) is 55.0 Å². The number of imide groups is 1. The van der Waals surface area contributed by atoms with Gasteiger partial charge in [-0.2, -0.15) is 0 Å². The van der Waals surface area contributed by atoms with Crippen LogP contribution in [0.3, 0.4) is 0 Å². The van der Waals surface area contributed by atoms with Crippen LogP contribution < -0.4 is 14.5 Å². The standard InChI is InChI=1S/C23H26ClN3O3/c1-2-15-30-20-9-7-19(8-10-20)27-22(28)16-21(23(27)29)26-13-11-25(12-14-26)18-5-3-17(24)4-6-18/h3-10,21H,2,11-16H2,1H3/t21-/m0/s1. The average Bonchev–Trinajstić information content (AvgIpc) is 3.07. The van der Waals surface area contributed by atoms with Gasteiger partial charge < -0.3 is 9.64 Å². The van der Waals surface area contributed by atoms with Crippen LogP contribution in [0.25, 0.3) is 0 Å². The van der Waals surface area contributed by atoms with Gasteiger partial charge in [0.1, 0.15) is 5.75 Å². The maximum Gasteiger partial charge on any atom is 0.251 e. The molecule has 2 fully saturated rings. The first kappa shape index (κ1) is 20.7. The number of hydrogen-bond acceptors (Lipinski definition) is 5. The molecule has 2 aliphatic heterocycles. The van der Waals surface area contributed by atoms with Gasteiger partial charge in [0, 0.05) is 36.9 Å². The lowest BCUT2D eigenvalue weighted by molar-refractivity contribution is -0.123. The summed E-state index contributed by atoms with van der Waals surface area (Å²) < 4.78 is 5.59. The van der Waals surface area contributed by atoms with Crippen LogP contribution in [0, 0.1) is 0 Å². The first-order valence-electron chi connectivity index (χ1n) is 10.4. The van der Waals surface area contributed by atoms with Crippen LogP contribution in [0.5, 0.6) is 5.75 Å². The topological polar surface area (TPSA) is 53.1 Å². The van der Waals surface area contributed by atoms with Crippen molar-refractivity contribution >= 4 is 34.8 Å². The zero-order chi connectivity index (χ0) is 21.1. The molecule has 1 atom stereocenters. The van der Waals surface area contributed by atoms with E-state index >= 15 is 0 Å². The van der Waals surface area contributed by atoms with Gasteiger partial charge in [-0.25, -0.2) is 4.90 Å². The summed E-state index contributed by atoms with van der Waals surface area (Å²) in [6, 6.07) is 14.6. The van der Waals surface area contributed by atoms with Crippen LogP contribution in [0.2, 0.25) is 5.02 Å². The molecule has 2 aromatic carbocycles. The molecule has 2 amide bonds. The van der Waals surface area contributed by atoms with Gasteiger partial charge >= 0.3 is 0 Å². The number of anilines is 2. The summed E-state index contributed by atoms with van der Waals surface area (Å²) >= 11 is 5.98. The average molecular weight is 428 g/mol. The van der Waals surface area contributed by atoms with E-state index in [0.29, 0.717) is 12.3 Å². The molecule has 6 nitrogen and oxygen atoms in total. The molecule has 2 heterocycles. The number of nitrogens with zero attached hydrogens (tertiary/aromatic N) is 3. The Kier molecular flexibility index (Phi) is 6.25. The predicted octanol–water partition coefficient (Wildman–Crippen LogP) is 3.58. The molecule has 0 aliphatic carbocycles. The zero-order valence-corrected chi connectivity index (χ0v) is 17.8. The highest BCUT2D eigenvalue weighted by molar-refractivity contribution is 6.30. The molecule has 2 aromatic rings. The van der Waals surface area contributed by atoms with E-state index < -0.39 is 0 Å². The smallest absolute Gasteiger partial charge is 0.251 e. The first-order valence-corrected chi connectivity index (χ1v) is 10.8. The Morgan fingerprint density at radius 1 is 0.933 bits per heavy atom. The number of benzene rings is 2. The highest BCUT2D eigenvalue weighted by Crippen LogP contribution is 2.28. The van der Waals surface area contributed by atoms with E-state index in [1.54, 1.807) is 12.1 Å². The second-order valence-electron chi connectivity index (χ2n) is 7.63. The number of ether oxygens (including phenoxy) is 1. The Bertz CT molecular complexity index is 893. The molecule has 0 N–H and O–H groups in total. The van der Waals surface area contributed by atoms with Crippen molar-refractivity contribution in [2.75, 3.05) is 42.6 Å². The molecule has 4 rings (SSSR count). The van der Waals surface area contributed by atoms with Crippen molar-refractivity contribution in [1.82, 2.24) is 4.90 Å². The summed E-state index contributed by atoms with van der Waals surface area (Å²) in [5.41, 5.74) is 1.73. The fraction of sp³-hybridized carbons (Fsp3) is 0.391. The van der Waals surface area contributed by atoms with E-state index in [0.717, 1.165) is 49.1 Å². The van der Waals surface area contributed by atoms with Gasteiger partial charge in [0.05, 0.1) is 24.8 Å². The lowest BCUT2D eigenvalue weighted by atomic mass is 10.1. The normalized spacial score (nSPS) is 20.1. The Labute approximate surface area is 182 Å². The third kappa shape index (κ3) is 4.30. The van der Waals surface area contributed by atoms with Crippen molar-refractivity contribution < 1.29 is 14.3 Å². The lowest BCUT2D eigenvalue weighted by Gasteiger charge is -2.38. The van der Waals surface area contributed by atoms with Gasteiger partial charge in [-0.3, -0.25) is 14.5 Å². The molecular weight excluding hydrogens is 402 g/mol. The van der Waals surface area contributed by atoms with Crippen molar-refractivity contribution in [3.05, 3.63) is 53.6 Å². The third-order valence-corrected chi connectivity index (χ3v) is 5.89. The Morgan fingerprint density at radius 2 is 1.57 bits per heavy atom. The minimum atomic E-state index is -0.388. The number of carbonyl (C=O) groups excluding carboxylic acids is 2. The molecule has 158 valence electrons. The number of halogens is 1. The molecule has 0 radical (unpaired) electrons. The molecule has 0 bridgehead atoms. The molecule has 0 saturated carbocycles. The van der Waals surface area contributed by atoms with Crippen molar-refractivity contribution in [2.45, 2.75) is 25.8 Å². The molecular formula is C23H26ClN3O3. The van der Waals surface area contributed by atoms with E-state index in [1.807, 2.05) is 43.3 Å². The monoisotopic (exact) mass is 427 g/mol. The number of piperazine rings is 1. The third-order valence-electron chi connectivity index (χ3n) is 5.64. The van der Waals surface area contributed by atoms with Crippen LogP contribution >= 0.6 is 11.6 Å². The summed E-state index contributed by atoms with van der Waals surface area (Å²) in [7, 11) is 0. The maximum atomic E-state index is 13.1. The fourth-order valence-corrected chi connectivity index (χ4v) is 4.15. The quantitative estimate of drug-likeness (QED) is 0.659. The molecule has 0 aromatic heterocycles. The van der Waals surface area contributed by atoms with Crippen LogP contribution in [-0.2, 0) is 9.59 Å². The van der Waals surface area contributed by atoms with E-state index in [4.69, 9.17) is 16.3 Å². The van der Waals surface area contributed by atoms with Crippen LogP contribution in [0.4, 0.5) is 11.4 Å². The van der Waals surface area contributed by atoms with Crippen molar-refractivity contribution in [3.8, 4) is 5.75 Å². The largest absolute Gasteiger partial charge is 0.494 e. The number of hydrogen-bond donors (Lipinski definition) is 0. The van der Waals surface area contributed by atoms with Crippen LogP contribution in [-0.4, -0.2) is 55.5 Å². The Hall–Kier alpha value is -2.57. The number of amides is 2. The van der Waals surface area contributed by atoms with Crippen molar-refractivity contribution in [3.63, 3.8) is 0 Å². The summed E-state index contributed by atoms with van der Waals surface area (Å²) in [5.74, 6) is 0.462. The maximum absolute atomic E-state index is 13.1. The summed E-state index contributed by atoms with van der Waals surface area (Å²) in [5, 5.41) is 0.720. The molecule has 7 heteroatoms. The highest BCUT2D eigenvalue weighted by atomic mass is 35.5. The van der Waals surface area contributed by atoms with Crippen molar-refractivity contribution in [1.29, 1.82) is 0 Å². The van der Waals surface area contributed by atoms with Crippen LogP contribution in [0.1, 0.15) is 19.8 Å². The highest BCUT2D eigenvalue weighted by Gasteiger charge is 2.43. The van der Waals surface area contributed by atoms with Crippen LogP contribution in [0.15, 0.2) is 48.5 Å². The second-order valence-corrected chi connectivity index (χ2v) is 8.07. The second kappa shape index (κ2) is 9.06. The number of rotatable bonds is 6. The predicted molar refractivity (Wildman–Crippen MR) is 118 cm³/mol. The van der Waals surface area contributed by atoms with Crippen molar-refractivity contribution in [2.24, 2.45) is 0 Å². The molecule has 2 aliphatic rings. The fourth-order valence-electron chi connectivity index (χ4n) is 4.03. The van der Waals surface area contributed by atoms with E-state index in [-0.39, 0.29) is 24.3 Å². The molecule has 0 spiro atoms. The molecule has 2 saturated heterocycles. The zero-order valence-electron chi connectivity index (χ0n) is 17.1. The van der Waals surface area contributed by atoms with Gasteiger partial charge in [-0.15, -0.1) is 0 Å². The van der Waals surface area contributed by atoms with E-state index in [1.165, 1.54) is 4.90 Å². The number of carbonyl (C=O) groups is 2. The molecule has 30 heavy (non-hydrogen) atoms. The Balaban J connectivity index is 1.39. The Morgan fingerprint density at radius 3 is 2.20 bits per heavy atom. The summed E-state index contributed by atoms with van der Waals surface area (Å²) in [6.07, 6.45) is 1.16. The van der Waals surface area contributed by atoms with Gasteiger partial charge in [-0.1, -0.05) is 18.5 Å². The summed E-state index contributed by atoms with van der Waals surface area (Å²) in [4.78, 5) is 31.4. The van der Waals surface area contributed by atoms with E-state index in [9.17, 15) is 9.59 Å². The minimum Gasteiger partial charge on any atom is -0.494 e. The van der Waals surface area contributed by atoms with Gasteiger partial charge in [0.2, 0.25) is 5.91 Å². The lowest BCUT2D eigenvalue weighted by Crippen LogP contribution is -2.52. The summed E-state index contributed by atoms with van der Waals surface area (Å²) in [6.45, 7) is 5.79. The molecule has 0 unspecified atom stereocenters. The van der Waals surface area contributed by atoms with E-state index in [2.05, 4.69) is 9.80 Å².